The van der Waals surface area contributed by atoms with Crippen LogP contribution in [0.4, 0.5) is 13.2 Å². The number of aromatic amines is 1. The number of nitrogens with one attached hydrogen (secondary N) is 1. The molecular weight excluding hydrogens is 443 g/mol. The van der Waals surface area contributed by atoms with Crippen molar-refractivity contribution in [3.63, 3.8) is 0 Å². The zero-order chi connectivity index (χ0) is 21.5. The fourth-order valence-corrected chi connectivity index (χ4v) is 3.76. The van der Waals surface area contributed by atoms with Gasteiger partial charge in [-0.15, -0.1) is 11.3 Å². The highest BCUT2D eigenvalue weighted by atomic mass is 35.5. The summed E-state index contributed by atoms with van der Waals surface area (Å²) >= 11 is 7.36. The van der Waals surface area contributed by atoms with E-state index in [9.17, 15) is 22.8 Å². The number of esters is 1. The summed E-state index contributed by atoms with van der Waals surface area (Å²) in [5.41, 5.74) is 1.47. The Kier molecular flexibility index (Phi) is 5.12. The second-order valence-corrected chi connectivity index (χ2v) is 7.56. The summed E-state index contributed by atoms with van der Waals surface area (Å²) in [6.45, 7) is -0.741. The molecule has 4 aromatic rings. The number of carbonyl (C=O) groups excluding carboxylic acids is 1. The molecule has 6 nitrogen and oxygen atoms in total. The van der Waals surface area contributed by atoms with Crippen molar-refractivity contribution in [3.05, 3.63) is 68.9 Å². The third-order valence-corrected chi connectivity index (χ3v) is 5.29. The predicted molar refractivity (Wildman–Crippen MR) is 105 cm³/mol. The molecule has 1 N–H and O–H groups in total. The van der Waals surface area contributed by atoms with Gasteiger partial charge in [-0.25, -0.2) is 4.79 Å². The van der Waals surface area contributed by atoms with E-state index >= 15 is 0 Å². The third-order valence-electron chi connectivity index (χ3n) is 4.15. The first-order chi connectivity index (χ1) is 14.2. The molecule has 0 bridgehead atoms. The lowest BCUT2D eigenvalue weighted by molar-refractivity contribution is -0.201. The van der Waals surface area contributed by atoms with Gasteiger partial charge in [0.25, 0.3) is 5.56 Å². The van der Waals surface area contributed by atoms with E-state index in [2.05, 4.69) is 14.8 Å². The summed E-state index contributed by atoms with van der Waals surface area (Å²) < 4.78 is 42.5. The van der Waals surface area contributed by atoms with Crippen molar-refractivity contribution in [2.45, 2.75) is 12.8 Å². The molecule has 4 rings (SSSR count). The van der Waals surface area contributed by atoms with Crippen LogP contribution in [0.2, 0.25) is 5.02 Å². The van der Waals surface area contributed by atoms with Gasteiger partial charge < -0.3 is 9.72 Å². The van der Waals surface area contributed by atoms with Crippen molar-refractivity contribution in [2.24, 2.45) is 0 Å². The van der Waals surface area contributed by atoms with Gasteiger partial charge in [-0.1, -0.05) is 29.8 Å². The molecule has 0 atom stereocenters. The van der Waals surface area contributed by atoms with Gasteiger partial charge in [0, 0.05) is 21.5 Å². The van der Waals surface area contributed by atoms with Gasteiger partial charge >= 0.3 is 12.1 Å². The predicted octanol–water partition coefficient (Wildman–Crippen LogP) is 4.68. The topological polar surface area (TPSA) is 76.5 Å². The largest absolute Gasteiger partial charge is 0.490 e. The van der Waals surface area contributed by atoms with Crippen molar-refractivity contribution in [3.8, 4) is 21.7 Å². The maximum absolute atomic E-state index is 12.6. The molecule has 0 aliphatic rings. The molecular formula is C19H11ClF3N3O3S. The number of thiophene rings is 1. The average molecular weight is 454 g/mol. The summed E-state index contributed by atoms with van der Waals surface area (Å²) in [6, 6.07) is 11.5. The van der Waals surface area contributed by atoms with E-state index in [-0.39, 0.29) is 11.3 Å². The van der Waals surface area contributed by atoms with Gasteiger partial charge in [-0.2, -0.15) is 22.8 Å². The number of aromatic nitrogens is 3. The van der Waals surface area contributed by atoms with Gasteiger partial charge in [0.2, 0.25) is 0 Å². The monoisotopic (exact) mass is 453 g/mol. The number of carbonyl (C=O) groups is 1. The lowest BCUT2D eigenvalue weighted by Gasteiger charge is -2.08. The van der Waals surface area contributed by atoms with Gasteiger partial charge in [-0.05, 0) is 23.6 Å². The summed E-state index contributed by atoms with van der Waals surface area (Å²) in [7, 11) is 0. The Morgan fingerprint density at radius 2 is 1.97 bits per heavy atom. The van der Waals surface area contributed by atoms with Crippen LogP contribution in [0.1, 0.15) is 5.69 Å². The molecule has 0 saturated heterocycles. The van der Waals surface area contributed by atoms with Crippen LogP contribution in [-0.4, -0.2) is 26.7 Å². The first kappa shape index (κ1) is 20.2. The number of benzene rings is 1. The van der Waals surface area contributed by atoms with E-state index in [0.29, 0.717) is 21.8 Å². The van der Waals surface area contributed by atoms with E-state index in [1.54, 1.807) is 24.3 Å². The van der Waals surface area contributed by atoms with E-state index < -0.39 is 24.3 Å². The Bertz CT molecular complexity index is 1280. The summed E-state index contributed by atoms with van der Waals surface area (Å²) in [6.07, 6.45) is -5.12. The van der Waals surface area contributed by atoms with Crippen LogP contribution in [0.3, 0.4) is 0 Å². The molecule has 1 aromatic carbocycles. The summed E-state index contributed by atoms with van der Waals surface area (Å²) in [4.78, 5) is 27.2. The van der Waals surface area contributed by atoms with E-state index in [4.69, 9.17) is 11.6 Å². The molecule has 11 heteroatoms. The highest BCUT2D eigenvalue weighted by Crippen LogP contribution is 2.36. The lowest BCUT2D eigenvalue weighted by atomic mass is 10.1. The quantitative estimate of drug-likeness (QED) is 0.455. The first-order valence-corrected chi connectivity index (χ1v) is 9.68. The maximum atomic E-state index is 12.6. The van der Waals surface area contributed by atoms with Crippen LogP contribution >= 0.6 is 22.9 Å². The molecule has 0 radical (unpaired) electrons. The second-order valence-electron chi connectivity index (χ2n) is 6.17. The highest BCUT2D eigenvalue weighted by molar-refractivity contribution is 7.13. The van der Waals surface area contributed by atoms with Crippen LogP contribution in [0, 0.1) is 0 Å². The third kappa shape index (κ3) is 3.83. The summed E-state index contributed by atoms with van der Waals surface area (Å²) in [5.74, 6) is -2.34. The summed E-state index contributed by atoms with van der Waals surface area (Å²) in [5, 5.41) is 6.77. The van der Waals surface area contributed by atoms with Crippen LogP contribution in [-0.2, 0) is 16.1 Å². The Balaban J connectivity index is 1.85. The van der Waals surface area contributed by atoms with Crippen LogP contribution in [0.5, 0.6) is 0 Å². The Morgan fingerprint density at radius 3 is 2.60 bits per heavy atom. The normalized spacial score (nSPS) is 11.7. The number of fused-ring (bicyclic) bond motifs is 1. The number of nitrogens with zero attached hydrogens (tertiary/aromatic N) is 2. The van der Waals surface area contributed by atoms with E-state index in [0.717, 1.165) is 15.5 Å². The Hall–Kier alpha value is -3.11. The van der Waals surface area contributed by atoms with Crippen molar-refractivity contribution >= 4 is 34.6 Å². The van der Waals surface area contributed by atoms with Crippen molar-refractivity contribution in [1.29, 1.82) is 0 Å². The highest BCUT2D eigenvalue weighted by Gasteiger charge is 2.41. The maximum Gasteiger partial charge on any atom is 0.490 e. The first-order valence-electron chi connectivity index (χ1n) is 8.43. The molecule has 0 aliphatic heterocycles. The molecule has 0 fully saturated rings. The number of H-pyrrole nitrogens is 1. The smallest absolute Gasteiger partial charge is 0.453 e. The minimum Gasteiger partial charge on any atom is -0.453 e. The van der Waals surface area contributed by atoms with Crippen molar-refractivity contribution in [2.75, 3.05) is 0 Å². The number of halogens is 4. The molecule has 154 valence electrons. The zero-order valence-electron chi connectivity index (χ0n) is 14.9. The number of ether oxygens (including phenoxy) is 1. The van der Waals surface area contributed by atoms with E-state index in [1.165, 1.54) is 11.3 Å². The zero-order valence-corrected chi connectivity index (χ0v) is 16.4. The number of hydrogen-bond donors (Lipinski definition) is 1. The molecule has 0 spiro atoms. The molecule has 3 aromatic heterocycles. The van der Waals surface area contributed by atoms with Gasteiger partial charge in [0.1, 0.15) is 17.9 Å². The standard InChI is InChI=1S/C19H11ClF3N3O3S/c20-11-5-3-10(4-6-11)16-15(13-2-1-7-30-13)17-24-12(8-14(27)26(17)25-16)9-29-18(28)19(21,22)23/h1-8,24H,9H2. The van der Waals surface area contributed by atoms with Crippen molar-refractivity contribution in [1.82, 2.24) is 14.6 Å². The molecule has 0 unspecified atom stereocenters. The average Bonchev–Trinajstić information content (AvgIpc) is 3.33. The number of rotatable bonds is 4. The Labute approximate surface area is 175 Å². The molecule has 3 heterocycles. The Morgan fingerprint density at radius 1 is 1.23 bits per heavy atom. The fourth-order valence-electron chi connectivity index (χ4n) is 2.86. The fraction of sp³-hybridized carbons (Fsp3) is 0.105. The van der Waals surface area contributed by atoms with Gasteiger partial charge in [-0.3, -0.25) is 4.79 Å². The molecule has 30 heavy (non-hydrogen) atoms. The van der Waals surface area contributed by atoms with Crippen LogP contribution in [0.25, 0.3) is 27.3 Å². The minimum absolute atomic E-state index is 0.00506. The van der Waals surface area contributed by atoms with E-state index in [1.807, 2.05) is 17.5 Å². The van der Waals surface area contributed by atoms with Crippen LogP contribution < -0.4 is 5.56 Å². The van der Waals surface area contributed by atoms with Crippen molar-refractivity contribution < 1.29 is 22.7 Å². The van der Waals surface area contributed by atoms with Gasteiger partial charge in [0.05, 0.1) is 11.3 Å². The SMILES string of the molecule is O=C(OCc1cc(=O)n2nc(-c3ccc(Cl)cc3)c(-c3cccs3)c2[nH]1)C(F)(F)F. The van der Waals surface area contributed by atoms with Gasteiger partial charge in [0.15, 0.2) is 0 Å². The number of alkyl halides is 3. The van der Waals surface area contributed by atoms with Crippen LogP contribution in [0.15, 0.2) is 52.6 Å². The molecule has 0 saturated carbocycles. The molecule has 0 aliphatic carbocycles. The minimum atomic E-state index is -5.12. The second kappa shape index (κ2) is 7.62. The molecule has 0 amide bonds. The number of hydrogen-bond acceptors (Lipinski definition) is 5. The lowest BCUT2D eigenvalue weighted by Crippen LogP contribution is -2.25.